The van der Waals surface area contributed by atoms with Crippen molar-refractivity contribution in [2.75, 3.05) is 18.0 Å². The highest BCUT2D eigenvalue weighted by molar-refractivity contribution is 5.74. The van der Waals surface area contributed by atoms with Crippen LogP contribution in [0.1, 0.15) is 31.5 Å². The van der Waals surface area contributed by atoms with Gasteiger partial charge in [0.1, 0.15) is 17.2 Å². The number of fused-ring (bicyclic) bond motifs is 1. The highest BCUT2D eigenvalue weighted by Crippen LogP contribution is 2.35. The molecule has 2 heterocycles. The molecular weight excluding hydrogens is 248 g/mol. The molecule has 2 fully saturated rings. The molecule has 0 saturated heterocycles. The first-order chi connectivity index (χ1) is 9.70. The van der Waals surface area contributed by atoms with E-state index in [-0.39, 0.29) is 0 Å². The molecule has 4 nitrogen and oxygen atoms in total. The van der Waals surface area contributed by atoms with Crippen LogP contribution in [0.15, 0.2) is 12.1 Å². The minimum absolute atomic E-state index is 0.902. The number of nitrogens with zero attached hydrogens (tertiary/aromatic N) is 4. The van der Waals surface area contributed by atoms with Crippen LogP contribution >= 0.6 is 0 Å². The van der Waals surface area contributed by atoms with E-state index < -0.39 is 0 Å². The molecule has 0 aromatic carbocycles. The molecule has 2 aliphatic carbocycles. The van der Waals surface area contributed by atoms with E-state index in [1.165, 1.54) is 38.8 Å². The van der Waals surface area contributed by atoms with Gasteiger partial charge in [0.05, 0.1) is 0 Å². The lowest BCUT2D eigenvalue weighted by molar-refractivity contribution is 0.672. The van der Waals surface area contributed by atoms with E-state index in [9.17, 15) is 0 Å². The van der Waals surface area contributed by atoms with Gasteiger partial charge in [-0.3, -0.25) is 0 Å². The van der Waals surface area contributed by atoms with Gasteiger partial charge in [0.25, 0.3) is 0 Å². The van der Waals surface area contributed by atoms with Crippen molar-refractivity contribution in [3.05, 3.63) is 18.0 Å². The smallest absolute Gasteiger partial charge is 0.162 e. The normalized spacial score (nSPS) is 18.7. The Morgan fingerprint density at radius 1 is 1.10 bits per heavy atom. The summed E-state index contributed by atoms with van der Waals surface area (Å²) in [7, 11) is 2.05. The molecule has 2 saturated carbocycles. The van der Waals surface area contributed by atoms with Gasteiger partial charge in [-0.2, -0.15) is 0 Å². The molecule has 4 rings (SSSR count). The molecular formula is C16H22N4. The molecule has 106 valence electrons. The zero-order chi connectivity index (χ0) is 13.7. The van der Waals surface area contributed by atoms with E-state index in [0.29, 0.717) is 0 Å². The van der Waals surface area contributed by atoms with Crippen molar-refractivity contribution < 1.29 is 0 Å². The minimum Gasteiger partial charge on any atom is -0.356 e. The second kappa shape index (κ2) is 4.47. The average molecular weight is 270 g/mol. The van der Waals surface area contributed by atoms with Crippen LogP contribution in [0.25, 0.3) is 11.2 Å². The van der Waals surface area contributed by atoms with Crippen molar-refractivity contribution in [1.82, 2.24) is 14.5 Å². The van der Waals surface area contributed by atoms with Gasteiger partial charge in [-0.15, -0.1) is 0 Å². The molecule has 20 heavy (non-hydrogen) atoms. The van der Waals surface area contributed by atoms with Crippen LogP contribution in [-0.4, -0.2) is 27.6 Å². The molecule has 0 radical (unpaired) electrons. The van der Waals surface area contributed by atoms with Crippen LogP contribution in [0.2, 0.25) is 0 Å². The van der Waals surface area contributed by atoms with Gasteiger partial charge < -0.3 is 9.47 Å². The van der Waals surface area contributed by atoms with E-state index in [0.717, 1.165) is 34.6 Å². The lowest BCUT2D eigenvalue weighted by Crippen LogP contribution is -2.28. The topological polar surface area (TPSA) is 34.0 Å². The lowest BCUT2D eigenvalue weighted by Gasteiger charge is -2.23. The van der Waals surface area contributed by atoms with Crippen molar-refractivity contribution >= 4 is 17.0 Å². The fraction of sp³-hybridized carbons (Fsp3) is 0.625. The third kappa shape index (κ3) is 2.28. The molecule has 0 unspecified atom stereocenters. The lowest BCUT2D eigenvalue weighted by atomic mass is 10.3. The first kappa shape index (κ1) is 12.2. The monoisotopic (exact) mass is 270 g/mol. The van der Waals surface area contributed by atoms with Gasteiger partial charge in [-0.05, 0) is 56.6 Å². The zero-order valence-electron chi connectivity index (χ0n) is 12.3. The number of anilines is 1. The van der Waals surface area contributed by atoms with Crippen molar-refractivity contribution in [2.45, 2.75) is 32.6 Å². The van der Waals surface area contributed by atoms with Crippen LogP contribution in [0.4, 0.5) is 5.82 Å². The summed E-state index contributed by atoms with van der Waals surface area (Å²) in [6, 6.07) is 4.27. The summed E-state index contributed by atoms with van der Waals surface area (Å²) in [5.41, 5.74) is 2.02. The Morgan fingerprint density at radius 3 is 2.35 bits per heavy atom. The van der Waals surface area contributed by atoms with Gasteiger partial charge >= 0.3 is 0 Å². The number of imidazole rings is 1. The van der Waals surface area contributed by atoms with Crippen molar-refractivity contribution in [3.8, 4) is 0 Å². The molecule has 0 spiro atoms. The summed E-state index contributed by atoms with van der Waals surface area (Å²) in [4.78, 5) is 11.9. The Bertz CT molecular complexity index is 623. The molecule has 4 heteroatoms. The van der Waals surface area contributed by atoms with Crippen LogP contribution in [0.3, 0.4) is 0 Å². The first-order valence-electron chi connectivity index (χ1n) is 7.76. The first-order valence-corrected chi connectivity index (χ1v) is 7.76. The van der Waals surface area contributed by atoms with Gasteiger partial charge in [0.15, 0.2) is 5.65 Å². The van der Waals surface area contributed by atoms with E-state index in [2.05, 4.69) is 26.6 Å². The summed E-state index contributed by atoms with van der Waals surface area (Å²) in [5.74, 6) is 3.97. The predicted octanol–water partition coefficient (Wildman–Crippen LogP) is 2.90. The molecule has 0 amide bonds. The standard InChI is InChI=1S/C16H22N4/c1-11-17-14-7-8-15(18-16(14)19(11)2)20(9-12-3-4-12)10-13-5-6-13/h7-8,12-13H,3-6,9-10H2,1-2H3. The molecule has 2 aromatic rings. The van der Waals surface area contributed by atoms with E-state index >= 15 is 0 Å². The van der Waals surface area contributed by atoms with Gasteiger partial charge in [-0.1, -0.05) is 0 Å². The number of pyridine rings is 1. The Hall–Kier alpha value is -1.58. The summed E-state index contributed by atoms with van der Waals surface area (Å²) in [5, 5.41) is 0. The maximum absolute atomic E-state index is 4.88. The fourth-order valence-electron chi connectivity index (χ4n) is 2.83. The predicted molar refractivity (Wildman–Crippen MR) is 80.9 cm³/mol. The quantitative estimate of drug-likeness (QED) is 0.837. The molecule has 2 aromatic heterocycles. The number of aromatic nitrogens is 3. The van der Waals surface area contributed by atoms with Gasteiger partial charge in [-0.25, -0.2) is 9.97 Å². The van der Waals surface area contributed by atoms with Crippen molar-refractivity contribution in [3.63, 3.8) is 0 Å². The van der Waals surface area contributed by atoms with Crippen molar-refractivity contribution in [1.29, 1.82) is 0 Å². The fourth-order valence-corrected chi connectivity index (χ4v) is 2.83. The maximum atomic E-state index is 4.88. The largest absolute Gasteiger partial charge is 0.356 e. The van der Waals surface area contributed by atoms with E-state index in [1.807, 2.05) is 14.0 Å². The van der Waals surface area contributed by atoms with Crippen molar-refractivity contribution in [2.24, 2.45) is 18.9 Å². The number of rotatable bonds is 5. The Morgan fingerprint density at radius 2 is 1.75 bits per heavy atom. The summed E-state index contributed by atoms with van der Waals surface area (Å²) in [6.07, 6.45) is 5.59. The third-order valence-corrected chi connectivity index (χ3v) is 4.60. The SMILES string of the molecule is Cc1nc2ccc(N(CC3CC3)CC3CC3)nc2n1C. The second-order valence-corrected chi connectivity index (χ2v) is 6.52. The number of aryl methyl sites for hydroxylation is 2. The van der Waals surface area contributed by atoms with Gasteiger partial charge in [0.2, 0.25) is 0 Å². The number of hydrogen-bond donors (Lipinski definition) is 0. The van der Waals surface area contributed by atoms with E-state index in [4.69, 9.17) is 4.98 Å². The second-order valence-electron chi connectivity index (χ2n) is 6.52. The van der Waals surface area contributed by atoms with Gasteiger partial charge in [0, 0.05) is 20.1 Å². The summed E-state index contributed by atoms with van der Waals surface area (Å²) in [6.45, 7) is 4.41. The average Bonchev–Trinajstić information content (AvgIpc) is 3.33. The Balaban J connectivity index is 1.67. The van der Waals surface area contributed by atoms with Crippen LogP contribution < -0.4 is 4.90 Å². The van der Waals surface area contributed by atoms with Crippen LogP contribution in [0.5, 0.6) is 0 Å². The highest BCUT2D eigenvalue weighted by atomic mass is 15.2. The molecule has 0 bridgehead atoms. The molecule has 0 aliphatic heterocycles. The Labute approximate surface area is 119 Å². The molecule has 0 N–H and O–H groups in total. The van der Waals surface area contributed by atoms with Crippen LogP contribution in [-0.2, 0) is 7.05 Å². The highest BCUT2D eigenvalue weighted by Gasteiger charge is 2.30. The van der Waals surface area contributed by atoms with Crippen LogP contribution in [0, 0.1) is 18.8 Å². The molecule has 0 atom stereocenters. The minimum atomic E-state index is 0.902. The van der Waals surface area contributed by atoms with E-state index in [1.54, 1.807) is 0 Å². The summed E-state index contributed by atoms with van der Waals surface area (Å²) < 4.78 is 2.09. The Kier molecular flexibility index (Phi) is 2.72. The third-order valence-electron chi connectivity index (χ3n) is 4.60. The summed E-state index contributed by atoms with van der Waals surface area (Å²) >= 11 is 0. The molecule has 2 aliphatic rings. The maximum Gasteiger partial charge on any atom is 0.162 e. The number of hydrogen-bond acceptors (Lipinski definition) is 3. The zero-order valence-corrected chi connectivity index (χ0v) is 12.3.